The zero-order valence-corrected chi connectivity index (χ0v) is 13.9. The molecule has 0 bridgehead atoms. The van der Waals surface area contributed by atoms with Gasteiger partial charge in [0, 0.05) is 58.3 Å². The molecule has 3 fully saturated rings. The van der Waals surface area contributed by atoms with Crippen LogP contribution in [0.4, 0.5) is 0 Å². The van der Waals surface area contributed by atoms with Crippen LogP contribution in [0.2, 0.25) is 0 Å². The maximum atomic E-state index is 12.4. The Morgan fingerprint density at radius 1 is 1.14 bits per heavy atom. The summed E-state index contributed by atoms with van der Waals surface area (Å²) in [4.78, 5) is 30.4. The third-order valence-electron chi connectivity index (χ3n) is 4.93. The van der Waals surface area contributed by atoms with Gasteiger partial charge < -0.3 is 15.1 Å². The van der Waals surface area contributed by atoms with Gasteiger partial charge in [-0.3, -0.25) is 14.5 Å². The summed E-state index contributed by atoms with van der Waals surface area (Å²) >= 11 is 0. The van der Waals surface area contributed by atoms with Crippen LogP contribution in [0.15, 0.2) is 0 Å². The summed E-state index contributed by atoms with van der Waals surface area (Å²) in [7, 11) is 0. The monoisotopic (exact) mass is 330 g/mol. The third-order valence-corrected chi connectivity index (χ3v) is 4.93. The van der Waals surface area contributed by atoms with Crippen molar-refractivity contribution >= 4 is 24.2 Å². The van der Waals surface area contributed by atoms with Gasteiger partial charge in [-0.15, -0.1) is 12.4 Å². The predicted molar refractivity (Wildman–Crippen MR) is 87.1 cm³/mol. The van der Waals surface area contributed by atoms with Gasteiger partial charge in [-0.25, -0.2) is 0 Å². The normalized spacial score (nSPS) is 26.9. The number of carbonyl (C=O) groups excluding carboxylic acids is 2. The maximum Gasteiger partial charge on any atom is 0.242 e. The predicted octanol–water partition coefficient (Wildman–Crippen LogP) is -0.0732. The molecule has 3 rings (SSSR count). The Kier molecular flexibility index (Phi) is 6.47. The van der Waals surface area contributed by atoms with Crippen LogP contribution in [0, 0.1) is 0 Å². The summed E-state index contributed by atoms with van der Waals surface area (Å²) in [6.07, 6.45) is 3.68. The first-order valence-electron chi connectivity index (χ1n) is 8.24. The van der Waals surface area contributed by atoms with Crippen LogP contribution in [-0.4, -0.2) is 84.9 Å². The van der Waals surface area contributed by atoms with Gasteiger partial charge in [0.25, 0.3) is 0 Å². The molecular weight excluding hydrogens is 304 g/mol. The molecule has 0 aromatic rings. The van der Waals surface area contributed by atoms with Crippen molar-refractivity contribution in [2.75, 3.05) is 52.4 Å². The number of nitrogens with one attached hydrogen (secondary N) is 1. The summed E-state index contributed by atoms with van der Waals surface area (Å²) in [6.45, 7) is 6.97. The molecule has 0 aliphatic carbocycles. The summed E-state index contributed by atoms with van der Waals surface area (Å²) in [5, 5.41) is 3.36. The second-order valence-electron chi connectivity index (χ2n) is 6.34. The molecule has 1 N–H and O–H groups in total. The topological polar surface area (TPSA) is 55.9 Å². The van der Waals surface area contributed by atoms with Gasteiger partial charge in [0.15, 0.2) is 0 Å². The fraction of sp³-hybridized carbons (Fsp3) is 0.867. The smallest absolute Gasteiger partial charge is 0.242 e. The average Bonchev–Trinajstić information content (AvgIpc) is 3.00. The molecule has 0 spiro atoms. The summed E-state index contributed by atoms with van der Waals surface area (Å²) in [6, 6.07) is 0.508. The van der Waals surface area contributed by atoms with Crippen LogP contribution >= 0.6 is 12.4 Å². The van der Waals surface area contributed by atoms with E-state index in [1.165, 1.54) is 0 Å². The number of piperazine rings is 1. The number of rotatable bonds is 3. The Bertz CT molecular complexity index is 401. The van der Waals surface area contributed by atoms with E-state index in [4.69, 9.17) is 0 Å². The van der Waals surface area contributed by atoms with E-state index in [1.807, 2.05) is 4.90 Å². The van der Waals surface area contributed by atoms with Crippen LogP contribution in [0.5, 0.6) is 0 Å². The standard InChI is InChI=1S/C15H26N4O2.ClH/c20-14-3-1-2-7-18(14)12-15(21)19-8-4-13(11-19)17-9-5-16-6-10-17;/h13,16H,1-12H2;1H. The first-order valence-corrected chi connectivity index (χ1v) is 8.24. The van der Waals surface area contributed by atoms with E-state index in [9.17, 15) is 9.59 Å². The van der Waals surface area contributed by atoms with Gasteiger partial charge in [-0.05, 0) is 19.3 Å². The van der Waals surface area contributed by atoms with E-state index in [1.54, 1.807) is 4.90 Å². The summed E-state index contributed by atoms with van der Waals surface area (Å²) in [5.41, 5.74) is 0. The van der Waals surface area contributed by atoms with Gasteiger partial charge in [-0.2, -0.15) is 0 Å². The molecule has 2 amide bonds. The van der Waals surface area contributed by atoms with E-state index in [0.29, 0.717) is 12.5 Å². The minimum Gasteiger partial charge on any atom is -0.340 e. The quantitative estimate of drug-likeness (QED) is 0.787. The fourth-order valence-electron chi connectivity index (χ4n) is 3.61. The molecule has 3 aliphatic rings. The zero-order chi connectivity index (χ0) is 14.7. The Hall–Kier alpha value is -0.850. The number of halogens is 1. The number of piperidine rings is 1. The van der Waals surface area contributed by atoms with Crippen LogP contribution in [0.3, 0.4) is 0 Å². The second-order valence-corrected chi connectivity index (χ2v) is 6.34. The van der Waals surface area contributed by atoms with E-state index >= 15 is 0 Å². The molecule has 22 heavy (non-hydrogen) atoms. The number of nitrogens with zero attached hydrogens (tertiary/aromatic N) is 3. The number of hydrogen-bond acceptors (Lipinski definition) is 4. The molecule has 7 heteroatoms. The van der Waals surface area contributed by atoms with Crippen molar-refractivity contribution in [1.29, 1.82) is 0 Å². The van der Waals surface area contributed by atoms with Crippen molar-refractivity contribution in [2.45, 2.75) is 31.7 Å². The molecule has 3 heterocycles. The highest BCUT2D eigenvalue weighted by molar-refractivity contribution is 5.85. The highest BCUT2D eigenvalue weighted by atomic mass is 35.5. The molecule has 126 valence electrons. The van der Waals surface area contributed by atoms with Crippen molar-refractivity contribution in [2.24, 2.45) is 0 Å². The number of likely N-dealkylation sites (tertiary alicyclic amines) is 2. The van der Waals surface area contributed by atoms with E-state index in [0.717, 1.165) is 65.1 Å². The van der Waals surface area contributed by atoms with Crippen LogP contribution in [0.1, 0.15) is 25.7 Å². The lowest BCUT2D eigenvalue weighted by Crippen LogP contribution is -2.50. The average molecular weight is 331 g/mol. The van der Waals surface area contributed by atoms with Crippen LogP contribution in [0.25, 0.3) is 0 Å². The van der Waals surface area contributed by atoms with Gasteiger partial charge >= 0.3 is 0 Å². The molecular formula is C15H27ClN4O2. The van der Waals surface area contributed by atoms with Gasteiger partial charge in [-0.1, -0.05) is 0 Å². The molecule has 0 radical (unpaired) electrons. The first-order chi connectivity index (χ1) is 10.2. The van der Waals surface area contributed by atoms with Crippen molar-refractivity contribution in [3.8, 4) is 0 Å². The number of amides is 2. The summed E-state index contributed by atoms with van der Waals surface area (Å²) < 4.78 is 0. The second kappa shape index (κ2) is 8.13. The zero-order valence-electron chi connectivity index (χ0n) is 13.1. The SMILES string of the molecule is Cl.O=C1CCCCN1CC(=O)N1CCC(N2CCNCC2)C1. The van der Waals surface area contributed by atoms with Gasteiger partial charge in [0.05, 0.1) is 6.54 Å². The highest BCUT2D eigenvalue weighted by Crippen LogP contribution is 2.17. The van der Waals surface area contributed by atoms with Crippen molar-refractivity contribution in [1.82, 2.24) is 20.0 Å². The molecule has 0 aromatic carbocycles. The largest absolute Gasteiger partial charge is 0.340 e. The van der Waals surface area contributed by atoms with E-state index in [-0.39, 0.29) is 30.8 Å². The molecule has 3 aliphatic heterocycles. The molecule has 1 atom stereocenters. The fourth-order valence-corrected chi connectivity index (χ4v) is 3.61. The minimum absolute atomic E-state index is 0. The molecule has 0 saturated carbocycles. The summed E-state index contributed by atoms with van der Waals surface area (Å²) in [5.74, 6) is 0.273. The molecule has 0 aromatic heterocycles. The lowest BCUT2D eigenvalue weighted by molar-refractivity contribution is -0.141. The van der Waals surface area contributed by atoms with Crippen molar-refractivity contribution in [3.63, 3.8) is 0 Å². The van der Waals surface area contributed by atoms with Crippen LogP contribution < -0.4 is 5.32 Å². The van der Waals surface area contributed by atoms with Crippen LogP contribution in [-0.2, 0) is 9.59 Å². The Morgan fingerprint density at radius 3 is 2.64 bits per heavy atom. The first kappa shape index (κ1) is 17.5. The van der Waals surface area contributed by atoms with Gasteiger partial charge in [0.1, 0.15) is 0 Å². The van der Waals surface area contributed by atoms with Crippen molar-refractivity contribution < 1.29 is 9.59 Å². The van der Waals surface area contributed by atoms with Gasteiger partial charge in [0.2, 0.25) is 11.8 Å². The number of carbonyl (C=O) groups is 2. The molecule has 3 saturated heterocycles. The molecule has 6 nitrogen and oxygen atoms in total. The molecule has 1 unspecified atom stereocenters. The Balaban J connectivity index is 0.00000176. The van der Waals surface area contributed by atoms with Crippen molar-refractivity contribution in [3.05, 3.63) is 0 Å². The Morgan fingerprint density at radius 2 is 1.91 bits per heavy atom. The lowest BCUT2D eigenvalue weighted by Gasteiger charge is -2.33. The number of hydrogen-bond donors (Lipinski definition) is 1. The lowest BCUT2D eigenvalue weighted by atomic mass is 10.1. The third kappa shape index (κ3) is 4.12. The van der Waals surface area contributed by atoms with E-state index in [2.05, 4.69) is 10.2 Å². The van der Waals surface area contributed by atoms with E-state index < -0.39 is 0 Å². The minimum atomic E-state index is 0. The highest BCUT2D eigenvalue weighted by Gasteiger charge is 2.32. The maximum absolute atomic E-state index is 12.4. The Labute approximate surface area is 138 Å².